The van der Waals surface area contributed by atoms with Crippen molar-refractivity contribution in [3.63, 3.8) is 0 Å². The van der Waals surface area contributed by atoms with Crippen molar-refractivity contribution < 1.29 is 19.2 Å². The number of rotatable bonds is 7. The van der Waals surface area contributed by atoms with Crippen molar-refractivity contribution in [2.45, 2.75) is 20.4 Å². The number of carbonyl (C=O) groups is 2. The molecule has 8 heteroatoms. The molecule has 3 aromatic rings. The molecule has 0 unspecified atom stereocenters. The molecule has 0 aliphatic carbocycles. The number of hydrogen-bond donors (Lipinski definition) is 1. The van der Waals surface area contributed by atoms with Crippen LogP contribution < -0.4 is 5.73 Å². The van der Waals surface area contributed by atoms with E-state index in [1.54, 1.807) is 6.07 Å². The molecule has 0 aliphatic rings. The number of nitrogen functional groups attached to an aromatic ring is 1. The molecule has 3 rings (SSSR count). The molecule has 0 radical (unpaired) electrons. The van der Waals surface area contributed by atoms with Gasteiger partial charge in [0, 0.05) is 29.6 Å². The van der Waals surface area contributed by atoms with Gasteiger partial charge in [-0.05, 0) is 37.6 Å². The number of hydrogen-bond acceptors (Lipinski definition) is 6. The van der Waals surface area contributed by atoms with Crippen molar-refractivity contribution >= 4 is 23.1 Å². The molecule has 0 spiro atoms. The zero-order valence-electron chi connectivity index (χ0n) is 16.6. The Morgan fingerprint density at radius 3 is 2.47 bits per heavy atom. The second-order valence-corrected chi connectivity index (χ2v) is 6.89. The fourth-order valence-electron chi connectivity index (χ4n) is 3.21. The predicted octanol–water partition coefficient (Wildman–Crippen LogP) is 3.68. The predicted molar refractivity (Wildman–Crippen MR) is 112 cm³/mol. The minimum absolute atomic E-state index is 0.0433. The third-order valence-electron chi connectivity index (χ3n) is 4.85. The number of benzene rings is 2. The van der Waals surface area contributed by atoms with E-state index in [2.05, 4.69) is 0 Å². The Kier molecular flexibility index (Phi) is 5.96. The lowest BCUT2D eigenvalue weighted by atomic mass is 10.1. The highest BCUT2D eigenvalue weighted by atomic mass is 16.6. The minimum Gasteiger partial charge on any atom is -0.454 e. The summed E-state index contributed by atoms with van der Waals surface area (Å²) in [6.07, 6.45) is 0. The summed E-state index contributed by atoms with van der Waals surface area (Å²) in [5.74, 6) is -1.18. The molecule has 0 bridgehead atoms. The summed E-state index contributed by atoms with van der Waals surface area (Å²) >= 11 is 0. The van der Waals surface area contributed by atoms with Gasteiger partial charge in [0.05, 0.1) is 10.5 Å². The molecule has 8 nitrogen and oxygen atoms in total. The lowest BCUT2D eigenvalue weighted by molar-refractivity contribution is -0.383. The first-order chi connectivity index (χ1) is 14.3. The summed E-state index contributed by atoms with van der Waals surface area (Å²) in [6.45, 7) is 3.91. The summed E-state index contributed by atoms with van der Waals surface area (Å²) in [5.41, 5.74) is 8.31. The van der Waals surface area contributed by atoms with Gasteiger partial charge in [0.25, 0.3) is 5.69 Å². The summed E-state index contributed by atoms with van der Waals surface area (Å²) in [6, 6.07) is 15.2. The number of Topliss-reactive ketones (excluding diaryl/α,β-unsaturated/α-hetero) is 1. The molecule has 2 N–H and O–H groups in total. The number of aromatic nitrogens is 1. The lowest BCUT2D eigenvalue weighted by Crippen LogP contribution is -2.15. The van der Waals surface area contributed by atoms with Gasteiger partial charge in [-0.15, -0.1) is 0 Å². The Morgan fingerprint density at radius 2 is 1.80 bits per heavy atom. The number of esters is 1. The topological polar surface area (TPSA) is 117 Å². The molecule has 0 fully saturated rings. The maximum atomic E-state index is 12.6. The van der Waals surface area contributed by atoms with Crippen molar-refractivity contribution in [1.29, 1.82) is 0 Å². The van der Waals surface area contributed by atoms with Crippen molar-refractivity contribution in [2.24, 2.45) is 0 Å². The van der Waals surface area contributed by atoms with Gasteiger partial charge in [0.2, 0.25) is 5.78 Å². The van der Waals surface area contributed by atoms with E-state index in [-0.39, 0.29) is 22.7 Å². The number of carbonyl (C=O) groups excluding carboxylic acids is 2. The number of aryl methyl sites for hydroxylation is 1. The second kappa shape index (κ2) is 8.60. The molecular formula is C22H21N3O5. The smallest absolute Gasteiger partial charge is 0.338 e. The van der Waals surface area contributed by atoms with E-state index in [0.717, 1.165) is 23.0 Å². The number of anilines is 1. The van der Waals surface area contributed by atoms with Crippen molar-refractivity contribution in [3.8, 4) is 0 Å². The fourth-order valence-corrected chi connectivity index (χ4v) is 3.21. The van der Waals surface area contributed by atoms with Gasteiger partial charge in [0.1, 0.15) is 5.69 Å². The average molecular weight is 407 g/mol. The van der Waals surface area contributed by atoms with Crippen LogP contribution in [0.2, 0.25) is 0 Å². The Bertz CT molecular complexity index is 1120. The Hall–Kier alpha value is -3.94. The van der Waals surface area contributed by atoms with E-state index in [1.165, 1.54) is 12.1 Å². The summed E-state index contributed by atoms with van der Waals surface area (Å²) in [5, 5.41) is 11.0. The molecule has 0 saturated carbocycles. The maximum Gasteiger partial charge on any atom is 0.338 e. The molecule has 0 saturated heterocycles. The number of ether oxygens (including phenoxy) is 1. The van der Waals surface area contributed by atoms with Crippen molar-refractivity contribution in [2.75, 3.05) is 12.3 Å². The van der Waals surface area contributed by atoms with Gasteiger partial charge in [0.15, 0.2) is 6.61 Å². The molecule has 0 atom stereocenters. The fraction of sp³-hybridized carbons (Fsp3) is 0.182. The van der Waals surface area contributed by atoms with Crippen LogP contribution in [0.15, 0.2) is 54.6 Å². The summed E-state index contributed by atoms with van der Waals surface area (Å²) in [4.78, 5) is 35.1. The SMILES string of the molecule is Cc1cc(C(=O)COC(=O)c2ccc(N)c([N+](=O)[O-])c2)c(C)n1Cc1ccccc1. The highest BCUT2D eigenvalue weighted by Gasteiger charge is 2.20. The lowest BCUT2D eigenvalue weighted by Gasteiger charge is -2.10. The first-order valence-corrected chi connectivity index (χ1v) is 9.23. The first-order valence-electron chi connectivity index (χ1n) is 9.23. The van der Waals surface area contributed by atoms with Crippen LogP contribution in [0.1, 0.15) is 37.7 Å². The third-order valence-corrected chi connectivity index (χ3v) is 4.85. The van der Waals surface area contributed by atoms with Gasteiger partial charge in [-0.1, -0.05) is 30.3 Å². The standard InChI is InChI=1S/C22H21N3O5/c1-14-10-18(15(2)24(14)12-16-6-4-3-5-7-16)21(26)13-30-22(27)17-8-9-19(23)20(11-17)25(28)29/h3-11H,12-13,23H2,1-2H3. The molecule has 30 heavy (non-hydrogen) atoms. The molecule has 0 aliphatic heterocycles. The Labute approximate surface area is 173 Å². The monoisotopic (exact) mass is 407 g/mol. The number of nitro groups is 1. The number of nitrogens with two attached hydrogens (primary N) is 1. The van der Waals surface area contributed by atoms with E-state index >= 15 is 0 Å². The van der Waals surface area contributed by atoms with Crippen LogP contribution in [0.3, 0.4) is 0 Å². The van der Waals surface area contributed by atoms with Crippen molar-refractivity contribution in [3.05, 3.63) is 92.8 Å². The van der Waals surface area contributed by atoms with E-state index in [9.17, 15) is 19.7 Å². The molecule has 154 valence electrons. The minimum atomic E-state index is -0.829. The molecular weight excluding hydrogens is 386 g/mol. The summed E-state index contributed by atoms with van der Waals surface area (Å²) < 4.78 is 7.10. The van der Waals surface area contributed by atoms with Gasteiger partial charge in [-0.2, -0.15) is 0 Å². The van der Waals surface area contributed by atoms with Gasteiger partial charge in [-0.3, -0.25) is 14.9 Å². The van der Waals surface area contributed by atoms with E-state index < -0.39 is 17.5 Å². The number of nitrogens with zero attached hydrogens (tertiary/aromatic N) is 2. The summed E-state index contributed by atoms with van der Waals surface area (Å²) in [7, 11) is 0. The normalized spacial score (nSPS) is 10.6. The maximum absolute atomic E-state index is 12.6. The zero-order valence-corrected chi connectivity index (χ0v) is 16.6. The second-order valence-electron chi connectivity index (χ2n) is 6.89. The van der Waals surface area contributed by atoms with Crippen LogP contribution in [-0.2, 0) is 11.3 Å². The van der Waals surface area contributed by atoms with Crippen LogP contribution in [-0.4, -0.2) is 27.8 Å². The molecule has 2 aromatic carbocycles. The average Bonchev–Trinajstić information content (AvgIpc) is 3.01. The molecule has 1 aromatic heterocycles. The molecule has 1 heterocycles. The van der Waals surface area contributed by atoms with Crippen LogP contribution in [0.25, 0.3) is 0 Å². The first kappa shape index (κ1) is 20.8. The molecule has 0 amide bonds. The quantitative estimate of drug-likeness (QED) is 0.210. The van der Waals surface area contributed by atoms with Crippen LogP contribution >= 0.6 is 0 Å². The van der Waals surface area contributed by atoms with E-state index in [0.29, 0.717) is 12.1 Å². The number of ketones is 1. The largest absolute Gasteiger partial charge is 0.454 e. The van der Waals surface area contributed by atoms with Crippen molar-refractivity contribution in [1.82, 2.24) is 4.57 Å². The highest BCUT2D eigenvalue weighted by molar-refractivity contribution is 6.00. The van der Waals surface area contributed by atoms with Gasteiger partial charge >= 0.3 is 5.97 Å². The third kappa shape index (κ3) is 4.38. The Morgan fingerprint density at radius 1 is 1.10 bits per heavy atom. The van der Waals surface area contributed by atoms with Gasteiger partial charge < -0.3 is 15.0 Å². The zero-order chi connectivity index (χ0) is 21.8. The van der Waals surface area contributed by atoms with Crippen LogP contribution in [0.5, 0.6) is 0 Å². The van der Waals surface area contributed by atoms with E-state index in [1.807, 2.05) is 48.7 Å². The van der Waals surface area contributed by atoms with Crippen LogP contribution in [0.4, 0.5) is 11.4 Å². The van der Waals surface area contributed by atoms with Gasteiger partial charge in [-0.25, -0.2) is 4.79 Å². The highest BCUT2D eigenvalue weighted by Crippen LogP contribution is 2.23. The number of nitro benzene ring substituents is 1. The van der Waals surface area contributed by atoms with Crippen LogP contribution in [0, 0.1) is 24.0 Å². The Balaban J connectivity index is 1.71. The van der Waals surface area contributed by atoms with E-state index in [4.69, 9.17) is 10.5 Å².